The summed E-state index contributed by atoms with van der Waals surface area (Å²) in [5.41, 5.74) is 2.43. The zero-order valence-electron chi connectivity index (χ0n) is 22.6. The van der Waals surface area contributed by atoms with E-state index in [9.17, 15) is 15.3 Å². The molecule has 0 radical (unpaired) electrons. The van der Waals surface area contributed by atoms with Gasteiger partial charge in [-0.05, 0) is 75.8 Å². The van der Waals surface area contributed by atoms with Gasteiger partial charge < -0.3 is 29.7 Å². The molecule has 2 aliphatic heterocycles. The minimum atomic E-state index is -1.13. The number of aliphatic hydroxyl groups is 3. The van der Waals surface area contributed by atoms with Gasteiger partial charge in [-0.15, -0.1) is 0 Å². The number of anilines is 1. The summed E-state index contributed by atoms with van der Waals surface area (Å²) in [6, 6.07) is 16.3. The van der Waals surface area contributed by atoms with E-state index >= 15 is 0 Å². The lowest BCUT2D eigenvalue weighted by molar-refractivity contribution is -0.171. The minimum Gasteiger partial charge on any atom is -0.497 e. The number of rotatable bonds is 6. The maximum Gasteiger partial charge on any atom is 0.119 e. The molecule has 0 bridgehead atoms. The van der Waals surface area contributed by atoms with Crippen LogP contribution in [0.2, 0.25) is 0 Å². The molecule has 0 spiro atoms. The lowest BCUT2D eigenvalue weighted by atomic mass is 9.63. The molecule has 3 aliphatic rings. The number of hydrogen-bond donors (Lipinski definition) is 3. The van der Waals surface area contributed by atoms with Crippen molar-refractivity contribution in [3.63, 3.8) is 0 Å². The maximum absolute atomic E-state index is 12.6. The third kappa shape index (κ3) is 4.00. The number of ether oxygens (including phenoxy) is 2. The van der Waals surface area contributed by atoms with Crippen LogP contribution in [0.25, 0.3) is 0 Å². The highest BCUT2D eigenvalue weighted by Crippen LogP contribution is 2.61. The third-order valence-electron chi connectivity index (χ3n) is 9.35. The van der Waals surface area contributed by atoms with E-state index in [1.807, 2.05) is 32.9 Å². The Bertz CT molecular complexity index is 1150. The smallest absolute Gasteiger partial charge is 0.119 e. The van der Waals surface area contributed by atoms with Crippen LogP contribution in [-0.2, 0) is 4.74 Å². The maximum atomic E-state index is 12.6. The van der Waals surface area contributed by atoms with E-state index in [0.29, 0.717) is 25.7 Å². The molecule has 1 saturated heterocycles. The SMILES string of the molecule is COc1ccc2c(c1)[C@H](c1ccccc1)C[C@@H]1N2[C@](C)([C@H](O)CC=C(C)C)[C@H]2[C@H](OC)[C@H](O)CC[C@]12O. The van der Waals surface area contributed by atoms with Crippen LogP contribution in [0.1, 0.15) is 63.5 Å². The normalized spacial score (nSPS) is 35.2. The van der Waals surface area contributed by atoms with Crippen molar-refractivity contribution in [2.75, 3.05) is 19.1 Å². The number of nitrogens with zero attached hydrogens (tertiary/aromatic N) is 1. The van der Waals surface area contributed by atoms with Gasteiger partial charge in [0.25, 0.3) is 0 Å². The van der Waals surface area contributed by atoms with Crippen LogP contribution in [0, 0.1) is 5.92 Å². The van der Waals surface area contributed by atoms with Crippen molar-refractivity contribution in [1.29, 1.82) is 0 Å². The Morgan fingerprint density at radius 2 is 1.89 bits per heavy atom. The predicted octanol–water partition coefficient (Wildman–Crippen LogP) is 4.41. The van der Waals surface area contributed by atoms with Crippen molar-refractivity contribution in [2.24, 2.45) is 5.92 Å². The molecule has 3 N–H and O–H groups in total. The molecule has 2 heterocycles. The van der Waals surface area contributed by atoms with Crippen LogP contribution < -0.4 is 9.64 Å². The Kier molecular flexibility index (Phi) is 6.90. The number of benzene rings is 2. The molecule has 8 atom stereocenters. The standard InChI is InChI=1S/C31H41NO5/c1-19(2)11-14-27(34)30(3)29-28(37-5)25(33)15-16-31(29,35)26-18-22(20-9-7-6-8-10-20)23-17-21(36-4)12-13-24(23)32(26)30/h6-13,17,22,25-29,33-35H,14-16,18H2,1-5H3/t22-,25+,26-,27+,28+,29+,30+,31-/m0/s1. The van der Waals surface area contributed by atoms with Crippen molar-refractivity contribution < 1.29 is 24.8 Å². The highest BCUT2D eigenvalue weighted by atomic mass is 16.5. The van der Waals surface area contributed by atoms with Gasteiger partial charge in [0.05, 0.1) is 42.6 Å². The minimum absolute atomic E-state index is 0.0577. The summed E-state index contributed by atoms with van der Waals surface area (Å²) in [5.74, 6) is 0.358. The average molecular weight is 508 g/mol. The molecule has 0 aromatic heterocycles. The van der Waals surface area contributed by atoms with Crippen molar-refractivity contribution in [1.82, 2.24) is 0 Å². The second-order valence-corrected chi connectivity index (χ2v) is 11.5. The fourth-order valence-corrected chi connectivity index (χ4v) is 7.62. The van der Waals surface area contributed by atoms with Gasteiger partial charge in [-0.25, -0.2) is 0 Å². The zero-order chi connectivity index (χ0) is 26.5. The number of fused-ring (bicyclic) bond motifs is 5. The van der Waals surface area contributed by atoms with Crippen LogP contribution in [-0.4, -0.2) is 65.0 Å². The van der Waals surface area contributed by atoms with Gasteiger partial charge in [0, 0.05) is 24.6 Å². The van der Waals surface area contributed by atoms with E-state index in [-0.39, 0.29) is 12.0 Å². The fourth-order valence-electron chi connectivity index (χ4n) is 7.62. The molecule has 37 heavy (non-hydrogen) atoms. The molecule has 6 heteroatoms. The Morgan fingerprint density at radius 3 is 2.54 bits per heavy atom. The van der Waals surface area contributed by atoms with E-state index in [1.165, 1.54) is 5.56 Å². The number of hydrogen-bond acceptors (Lipinski definition) is 6. The lowest BCUT2D eigenvalue weighted by Gasteiger charge is -2.50. The van der Waals surface area contributed by atoms with E-state index in [1.54, 1.807) is 14.2 Å². The quantitative estimate of drug-likeness (QED) is 0.503. The summed E-state index contributed by atoms with van der Waals surface area (Å²) in [7, 11) is 3.28. The van der Waals surface area contributed by atoms with Crippen molar-refractivity contribution in [3.8, 4) is 5.75 Å². The first-order chi connectivity index (χ1) is 17.7. The van der Waals surface area contributed by atoms with Gasteiger partial charge in [-0.3, -0.25) is 0 Å². The van der Waals surface area contributed by atoms with Crippen LogP contribution in [0.5, 0.6) is 5.75 Å². The molecule has 1 saturated carbocycles. The summed E-state index contributed by atoms with van der Waals surface area (Å²) in [6.45, 7) is 6.10. The number of aliphatic hydroxyl groups excluding tert-OH is 2. The Labute approximate surface area is 220 Å². The second-order valence-electron chi connectivity index (χ2n) is 11.5. The second kappa shape index (κ2) is 9.73. The summed E-state index contributed by atoms with van der Waals surface area (Å²) in [6.07, 6.45) is 2.03. The van der Waals surface area contributed by atoms with Gasteiger partial charge in [0.1, 0.15) is 5.75 Å². The summed E-state index contributed by atoms with van der Waals surface area (Å²) >= 11 is 0. The average Bonchev–Trinajstić information content (AvgIpc) is 3.11. The molecule has 1 aliphatic carbocycles. The molecule has 6 nitrogen and oxygen atoms in total. The highest BCUT2D eigenvalue weighted by molar-refractivity contribution is 5.67. The third-order valence-corrected chi connectivity index (χ3v) is 9.35. The first-order valence-electron chi connectivity index (χ1n) is 13.4. The molecule has 2 aromatic rings. The molecular weight excluding hydrogens is 466 g/mol. The Balaban J connectivity index is 1.74. The summed E-state index contributed by atoms with van der Waals surface area (Å²) in [5, 5.41) is 35.5. The van der Waals surface area contributed by atoms with Crippen molar-refractivity contribution in [2.45, 2.75) is 87.9 Å². The molecule has 5 rings (SSSR count). The van der Waals surface area contributed by atoms with Crippen LogP contribution in [0.3, 0.4) is 0 Å². The van der Waals surface area contributed by atoms with Gasteiger partial charge in [0.2, 0.25) is 0 Å². The molecular formula is C31H41NO5. The van der Waals surface area contributed by atoms with Gasteiger partial charge in [-0.2, -0.15) is 0 Å². The molecule has 2 aromatic carbocycles. The first-order valence-corrected chi connectivity index (χ1v) is 13.4. The van der Waals surface area contributed by atoms with E-state index in [0.717, 1.165) is 22.6 Å². The Morgan fingerprint density at radius 1 is 1.16 bits per heavy atom. The zero-order valence-corrected chi connectivity index (χ0v) is 22.6. The van der Waals surface area contributed by atoms with Crippen molar-refractivity contribution in [3.05, 3.63) is 71.3 Å². The van der Waals surface area contributed by atoms with Crippen LogP contribution in [0.15, 0.2) is 60.2 Å². The van der Waals surface area contributed by atoms with Crippen LogP contribution >= 0.6 is 0 Å². The first kappa shape index (κ1) is 26.2. The molecule has 200 valence electrons. The fraction of sp³-hybridized carbons (Fsp3) is 0.548. The monoisotopic (exact) mass is 507 g/mol. The summed E-state index contributed by atoms with van der Waals surface area (Å²) in [4.78, 5) is 2.28. The molecule has 0 unspecified atom stereocenters. The molecule has 2 fully saturated rings. The lowest BCUT2D eigenvalue weighted by Crippen LogP contribution is -2.63. The van der Waals surface area contributed by atoms with Gasteiger partial charge >= 0.3 is 0 Å². The van der Waals surface area contributed by atoms with E-state index in [4.69, 9.17) is 9.47 Å². The van der Waals surface area contributed by atoms with E-state index < -0.39 is 35.4 Å². The highest BCUT2D eigenvalue weighted by Gasteiger charge is 2.71. The van der Waals surface area contributed by atoms with E-state index in [2.05, 4.69) is 47.4 Å². The number of methoxy groups -OCH3 is 2. The van der Waals surface area contributed by atoms with Crippen LogP contribution in [0.4, 0.5) is 5.69 Å². The predicted molar refractivity (Wildman–Crippen MR) is 145 cm³/mol. The van der Waals surface area contributed by atoms with Gasteiger partial charge in [-0.1, -0.05) is 42.0 Å². The van der Waals surface area contributed by atoms with Crippen molar-refractivity contribution >= 4 is 5.69 Å². The largest absolute Gasteiger partial charge is 0.497 e. The van der Waals surface area contributed by atoms with Gasteiger partial charge in [0.15, 0.2) is 0 Å². The number of allylic oxidation sites excluding steroid dienone is 1. The Hall–Kier alpha value is -2.38. The summed E-state index contributed by atoms with van der Waals surface area (Å²) < 4.78 is 11.5. The molecule has 0 amide bonds. The topological polar surface area (TPSA) is 82.4 Å².